The summed E-state index contributed by atoms with van der Waals surface area (Å²) in [5, 5.41) is 0. The number of likely N-dealkylation sites (tertiary alicyclic amines) is 2. The maximum Gasteiger partial charge on any atom is 0.251 e. The summed E-state index contributed by atoms with van der Waals surface area (Å²) in [6.07, 6.45) is 9.84. The standard InChI is InChI=1S/C21H29N3O3/c25-19-4-7-21(16-24(19)15-17-5-10-22-11-6-17)8-12-23(13-9-21)20(26)18-3-1-2-14-27-18/h5-6,10-11,18H,1-4,7-9,12-16H2. The highest BCUT2D eigenvalue weighted by Crippen LogP contribution is 2.41. The first kappa shape index (κ1) is 18.4. The summed E-state index contributed by atoms with van der Waals surface area (Å²) >= 11 is 0. The second-order valence-electron chi connectivity index (χ2n) is 8.29. The number of amides is 2. The molecule has 3 aliphatic heterocycles. The van der Waals surface area contributed by atoms with E-state index in [1.807, 2.05) is 21.9 Å². The van der Waals surface area contributed by atoms with Gasteiger partial charge in [0.25, 0.3) is 5.91 Å². The van der Waals surface area contributed by atoms with Crippen LogP contribution in [0.25, 0.3) is 0 Å². The van der Waals surface area contributed by atoms with Gasteiger partial charge in [0, 0.05) is 51.6 Å². The number of hydrogen-bond donors (Lipinski definition) is 0. The Labute approximate surface area is 160 Å². The van der Waals surface area contributed by atoms with Gasteiger partial charge in [-0.1, -0.05) is 0 Å². The van der Waals surface area contributed by atoms with Crippen molar-refractivity contribution in [2.24, 2.45) is 5.41 Å². The molecule has 1 aromatic heterocycles. The van der Waals surface area contributed by atoms with Crippen LogP contribution in [0.3, 0.4) is 0 Å². The van der Waals surface area contributed by atoms with Crippen molar-refractivity contribution in [3.63, 3.8) is 0 Å². The second kappa shape index (κ2) is 7.97. The van der Waals surface area contributed by atoms with Crippen LogP contribution in [-0.2, 0) is 20.9 Å². The van der Waals surface area contributed by atoms with Gasteiger partial charge in [-0.15, -0.1) is 0 Å². The molecule has 0 aliphatic carbocycles. The van der Waals surface area contributed by atoms with E-state index in [9.17, 15) is 9.59 Å². The highest BCUT2D eigenvalue weighted by molar-refractivity contribution is 5.81. The minimum atomic E-state index is -0.232. The number of rotatable bonds is 3. The van der Waals surface area contributed by atoms with Gasteiger partial charge in [0.1, 0.15) is 6.10 Å². The molecule has 0 bridgehead atoms. The van der Waals surface area contributed by atoms with E-state index in [1.54, 1.807) is 12.4 Å². The number of nitrogens with zero attached hydrogens (tertiary/aromatic N) is 3. The molecular formula is C21H29N3O3. The Kier molecular flexibility index (Phi) is 5.43. The molecule has 1 aromatic rings. The molecule has 3 saturated heterocycles. The number of pyridine rings is 1. The molecule has 146 valence electrons. The van der Waals surface area contributed by atoms with Gasteiger partial charge in [0.2, 0.25) is 5.91 Å². The number of piperidine rings is 2. The van der Waals surface area contributed by atoms with Crippen LogP contribution in [-0.4, -0.2) is 58.9 Å². The average molecular weight is 371 g/mol. The van der Waals surface area contributed by atoms with Gasteiger partial charge in [-0.3, -0.25) is 14.6 Å². The minimum absolute atomic E-state index is 0.158. The first-order valence-electron chi connectivity index (χ1n) is 10.2. The van der Waals surface area contributed by atoms with Crippen LogP contribution in [0.4, 0.5) is 0 Å². The van der Waals surface area contributed by atoms with Gasteiger partial charge >= 0.3 is 0 Å². The first-order valence-corrected chi connectivity index (χ1v) is 10.2. The zero-order valence-corrected chi connectivity index (χ0v) is 15.9. The van der Waals surface area contributed by atoms with E-state index < -0.39 is 0 Å². The average Bonchev–Trinajstić information content (AvgIpc) is 2.72. The first-order chi connectivity index (χ1) is 13.2. The molecule has 0 N–H and O–H groups in total. The van der Waals surface area contributed by atoms with E-state index in [1.165, 1.54) is 0 Å². The van der Waals surface area contributed by atoms with Crippen molar-refractivity contribution in [1.82, 2.24) is 14.8 Å². The summed E-state index contributed by atoms with van der Waals surface area (Å²) in [5.41, 5.74) is 1.28. The van der Waals surface area contributed by atoms with E-state index in [4.69, 9.17) is 4.74 Å². The molecule has 2 amide bonds. The Morgan fingerprint density at radius 3 is 2.67 bits per heavy atom. The van der Waals surface area contributed by atoms with Crippen LogP contribution in [0.15, 0.2) is 24.5 Å². The van der Waals surface area contributed by atoms with Crippen LogP contribution >= 0.6 is 0 Å². The highest BCUT2D eigenvalue weighted by Gasteiger charge is 2.42. The van der Waals surface area contributed by atoms with Gasteiger partial charge in [-0.2, -0.15) is 0 Å². The molecule has 6 nitrogen and oxygen atoms in total. The Hall–Kier alpha value is -1.95. The molecule has 6 heteroatoms. The van der Waals surface area contributed by atoms with Crippen molar-refractivity contribution in [2.75, 3.05) is 26.2 Å². The van der Waals surface area contributed by atoms with E-state index in [-0.39, 0.29) is 23.3 Å². The number of hydrogen-bond acceptors (Lipinski definition) is 4. The molecule has 3 aliphatic rings. The molecule has 4 heterocycles. The van der Waals surface area contributed by atoms with E-state index >= 15 is 0 Å². The molecule has 3 fully saturated rings. The van der Waals surface area contributed by atoms with Crippen molar-refractivity contribution in [3.05, 3.63) is 30.1 Å². The van der Waals surface area contributed by atoms with E-state index in [0.717, 1.165) is 63.7 Å². The van der Waals surface area contributed by atoms with Crippen molar-refractivity contribution < 1.29 is 14.3 Å². The smallest absolute Gasteiger partial charge is 0.251 e. The summed E-state index contributed by atoms with van der Waals surface area (Å²) < 4.78 is 5.68. The summed E-state index contributed by atoms with van der Waals surface area (Å²) in [4.78, 5) is 33.2. The fourth-order valence-electron chi connectivity index (χ4n) is 4.70. The largest absolute Gasteiger partial charge is 0.368 e. The maximum atomic E-state index is 12.7. The molecule has 0 aromatic carbocycles. The van der Waals surface area contributed by atoms with Crippen LogP contribution in [0.5, 0.6) is 0 Å². The monoisotopic (exact) mass is 371 g/mol. The van der Waals surface area contributed by atoms with Crippen LogP contribution in [0.1, 0.15) is 50.5 Å². The predicted octanol–water partition coefficient (Wildman–Crippen LogP) is 2.38. The van der Waals surface area contributed by atoms with Crippen LogP contribution < -0.4 is 0 Å². The Balaban J connectivity index is 1.35. The van der Waals surface area contributed by atoms with Gasteiger partial charge in [-0.25, -0.2) is 0 Å². The van der Waals surface area contributed by atoms with Gasteiger partial charge in [0.05, 0.1) is 0 Å². The van der Waals surface area contributed by atoms with Crippen LogP contribution in [0, 0.1) is 5.41 Å². The SMILES string of the molecule is O=C1CCC2(CCN(C(=O)C3CCCCO3)CC2)CN1Cc1ccncc1. The third kappa shape index (κ3) is 4.15. The summed E-state index contributed by atoms with van der Waals surface area (Å²) in [5.74, 6) is 0.414. The van der Waals surface area contributed by atoms with Crippen molar-refractivity contribution in [2.45, 2.75) is 57.6 Å². The summed E-state index contributed by atoms with van der Waals surface area (Å²) in [7, 11) is 0. The third-order valence-electron chi connectivity index (χ3n) is 6.46. The topological polar surface area (TPSA) is 62.7 Å². The molecule has 1 spiro atoms. The third-order valence-corrected chi connectivity index (χ3v) is 6.46. The molecule has 0 saturated carbocycles. The Morgan fingerprint density at radius 2 is 1.96 bits per heavy atom. The van der Waals surface area contributed by atoms with Gasteiger partial charge in [-0.05, 0) is 61.6 Å². The van der Waals surface area contributed by atoms with Crippen molar-refractivity contribution in [1.29, 1.82) is 0 Å². The molecular weight excluding hydrogens is 342 g/mol. The molecule has 1 atom stereocenters. The fraction of sp³-hybridized carbons (Fsp3) is 0.667. The molecule has 0 radical (unpaired) electrons. The van der Waals surface area contributed by atoms with Gasteiger partial charge < -0.3 is 14.5 Å². The van der Waals surface area contributed by atoms with Crippen molar-refractivity contribution >= 4 is 11.8 Å². The lowest BCUT2D eigenvalue weighted by atomic mass is 9.72. The van der Waals surface area contributed by atoms with Gasteiger partial charge in [0.15, 0.2) is 0 Å². The number of ether oxygens (including phenoxy) is 1. The van der Waals surface area contributed by atoms with E-state index in [2.05, 4.69) is 4.98 Å². The van der Waals surface area contributed by atoms with Crippen LogP contribution in [0.2, 0.25) is 0 Å². The second-order valence-corrected chi connectivity index (χ2v) is 8.29. The lowest BCUT2D eigenvalue weighted by molar-refractivity contribution is -0.151. The molecule has 4 rings (SSSR count). The predicted molar refractivity (Wildman–Crippen MR) is 101 cm³/mol. The fourth-order valence-corrected chi connectivity index (χ4v) is 4.70. The minimum Gasteiger partial charge on any atom is -0.368 e. The summed E-state index contributed by atoms with van der Waals surface area (Å²) in [6.45, 7) is 3.74. The Morgan fingerprint density at radius 1 is 1.19 bits per heavy atom. The molecule has 1 unspecified atom stereocenters. The number of carbonyl (C=O) groups excluding carboxylic acids is 2. The van der Waals surface area contributed by atoms with E-state index in [0.29, 0.717) is 19.6 Å². The summed E-state index contributed by atoms with van der Waals surface area (Å²) in [6, 6.07) is 3.94. The van der Waals surface area contributed by atoms with Crippen molar-refractivity contribution in [3.8, 4) is 0 Å². The Bertz CT molecular complexity index is 665. The normalized spacial score (nSPS) is 25.6. The number of carbonyl (C=O) groups is 2. The number of aromatic nitrogens is 1. The quantitative estimate of drug-likeness (QED) is 0.818. The molecule has 27 heavy (non-hydrogen) atoms. The zero-order chi connectivity index (χ0) is 18.7. The lowest BCUT2D eigenvalue weighted by Crippen LogP contribution is -2.53. The maximum absolute atomic E-state index is 12.7. The lowest BCUT2D eigenvalue weighted by Gasteiger charge is -2.48. The zero-order valence-electron chi connectivity index (χ0n) is 15.9. The highest BCUT2D eigenvalue weighted by atomic mass is 16.5.